The van der Waals surface area contributed by atoms with Crippen LogP contribution in [0.4, 0.5) is 0 Å². The van der Waals surface area contributed by atoms with E-state index in [4.69, 9.17) is 4.74 Å². The average Bonchev–Trinajstić information content (AvgIpc) is 3.02. The van der Waals surface area contributed by atoms with Gasteiger partial charge < -0.3 is 9.84 Å². The average molecular weight is 356 g/mol. The van der Waals surface area contributed by atoms with Crippen LogP contribution >= 0.6 is 23.1 Å². The summed E-state index contributed by atoms with van der Waals surface area (Å²) in [7, 11) is 0. The van der Waals surface area contributed by atoms with Crippen LogP contribution in [0.2, 0.25) is 0 Å². The SMILES string of the molecule is CCOc1ccccc1[C@H](O)[C@H](C#N)Sc1nc2ccccc2s1. The molecule has 1 aromatic heterocycles. The summed E-state index contributed by atoms with van der Waals surface area (Å²) >= 11 is 2.81. The predicted molar refractivity (Wildman–Crippen MR) is 97.4 cm³/mol. The fourth-order valence-electron chi connectivity index (χ4n) is 2.35. The van der Waals surface area contributed by atoms with Gasteiger partial charge >= 0.3 is 0 Å². The first kappa shape index (κ1) is 16.8. The van der Waals surface area contributed by atoms with E-state index in [1.807, 2.05) is 43.3 Å². The Morgan fingerprint density at radius 3 is 2.75 bits per heavy atom. The zero-order valence-electron chi connectivity index (χ0n) is 13.0. The summed E-state index contributed by atoms with van der Waals surface area (Å²) < 4.78 is 7.40. The molecular weight excluding hydrogens is 340 g/mol. The van der Waals surface area contributed by atoms with Gasteiger partial charge in [-0.3, -0.25) is 0 Å². The summed E-state index contributed by atoms with van der Waals surface area (Å²) in [5, 5.41) is 19.5. The van der Waals surface area contributed by atoms with Gasteiger partial charge in [0.25, 0.3) is 0 Å². The normalized spacial score (nSPS) is 13.4. The van der Waals surface area contributed by atoms with Gasteiger partial charge in [0.05, 0.1) is 22.9 Å². The minimum absolute atomic E-state index is 0.506. The smallest absolute Gasteiger partial charge is 0.152 e. The minimum atomic E-state index is -0.949. The second kappa shape index (κ2) is 7.67. The second-order valence-electron chi connectivity index (χ2n) is 5.03. The van der Waals surface area contributed by atoms with Gasteiger partial charge in [-0.05, 0) is 25.1 Å². The summed E-state index contributed by atoms with van der Waals surface area (Å²) in [5.41, 5.74) is 1.53. The number of nitriles is 1. The van der Waals surface area contributed by atoms with Crippen LogP contribution < -0.4 is 4.74 Å². The lowest BCUT2D eigenvalue weighted by Crippen LogP contribution is -2.14. The molecule has 0 aliphatic heterocycles. The number of aliphatic hydroxyl groups is 1. The molecule has 4 nitrogen and oxygen atoms in total. The van der Waals surface area contributed by atoms with Crippen molar-refractivity contribution in [2.45, 2.75) is 22.6 Å². The Morgan fingerprint density at radius 1 is 1.25 bits per heavy atom. The van der Waals surface area contributed by atoms with Crippen molar-refractivity contribution in [2.24, 2.45) is 0 Å². The Kier molecular flexibility index (Phi) is 5.36. The van der Waals surface area contributed by atoms with Crippen molar-refractivity contribution in [3.8, 4) is 11.8 Å². The van der Waals surface area contributed by atoms with Gasteiger partial charge in [0.15, 0.2) is 4.34 Å². The first-order chi connectivity index (χ1) is 11.7. The zero-order chi connectivity index (χ0) is 16.9. The highest BCUT2D eigenvalue weighted by Gasteiger charge is 2.26. The summed E-state index contributed by atoms with van der Waals surface area (Å²) in [4.78, 5) is 4.52. The molecule has 2 aromatic carbocycles. The Labute approximate surface area is 148 Å². The van der Waals surface area contributed by atoms with Crippen molar-refractivity contribution in [2.75, 3.05) is 6.61 Å². The van der Waals surface area contributed by atoms with E-state index in [-0.39, 0.29) is 0 Å². The summed E-state index contributed by atoms with van der Waals surface area (Å²) in [5.74, 6) is 0.609. The molecule has 0 spiro atoms. The molecule has 1 N–H and O–H groups in total. The van der Waals surface area contributed by atoms with E-state index in [2.05, 4.69) is 11.1 Å². The van der Waals surface area contributed by atoms with E-state index in [9.17, 15) is 10.4 Å². The van der Waals surface area contributed by atoms with Gasteiger partial charge in [0.1, 0.15) is 17.1 Å². The molecular formula is C18H16N2O2S2. The van der Waals surface area contributed by atoms with Crippen molar-refractivity contribution in [3.63, 3.8) is 0 Å². The first-order valence-electron chi connectivity index (χ1n) is 7.54. The van der Waals surface area contributed by atoms with Crippen LogP contribution in [-0.4, -0.2) is 21.9 Å². The maximum Gasteiger partial charge on any atom is 0.152 e. The molecule has 0 amide bonds. The Bertz CT molecular complexity index is 840. The van der Waals surface area contributed by atoms with E-state index in [0.29, 0.717) is 17.9 Å². The number of aliphatic hydroxyl groups excluding tert-OH is 1. The number of para-hydroxylation sites is 2. The molecule has 24 heavy (non-hydrogen) atoms. The van der Waals surface area contributed by atoms with E-state index >= 15 is 0 Å². The van der Waals surface area contributed by atoms with Gasteiger partial charge in [0, 0.05) is 5.56 Å². The molecule has 3 aromatic rings. The number of rotatable bonds is 6. The first-order valence-corrected chi connectivity index (χ1v) is 9.24. The molecule has 0 fully saturated rings. The third kappa shape index (κ3) is 3.54. The van der Waals surface area contributed by atoms with Crippen LogP contribution in [0.3, 0.4) is 0 Å². The standard InChI is InChI=1S/C18H16N2O2S2/c1-2-22-14-9-5-3-7-12(14)17(21)16(11-19)24-18-20-13-8-4-6-10-15(13)23-18/h3-10,16-17,21H,2H2,1H3/t16-,17-/m0/s1. The number of thioether (sulfide) groups is 1. The molecule has 122 valence electrons. The highest BCUT2D eigenvalue weighted by atomic mass is 32.2. The summed E-state index contributed by atoms with van der Waals surface area (Å²) in [6.07, 6.45) is -0.949. The molecule has 3 rings (SSSR count). The number of thiazole rings is 1. The predicted octanol–water partition coefficient (Wildman–Crippen LogP) is 4.41. The van der Waals surface area contributed by atoms with Crippen LogP contribution in [0.1, 0.15) is 18.6 Å². The number of benzene rings is 2. The van der Waals surface area contributed by atoms with Crippen LogP contribution in [0.15, 0.2) is 52.9 Å². The fraction of sp³-hybridized carbons (Fsp3) is 0.222. The second-order valence-corrected chi connectivity index (χ2v) is 7.45. The van der Waals surface area contributed by atoms with E-state index in [0.717, 1.165) is 14.6 Å². The number of hydrogen-bond acceptors (Lipinski definition) is 6. The molecule has 0 saturated heterocycles. The fourth-order valence-corrected chi connectivity index (χ4v) is 4.51. The van der Waals surface area contributed by atoms with Gasteiger partial charge in [-0.2, -0.15) is 5.26 Å². The molecule has 1 heterocycles. The highest BCUT2D eigenvalue weighted by molar-refractivity contribution is 8.02. The molecule has 0 bridgehead atoms. The van der Waals surface area contributed by atoms with Crippen LogP contribution in [0.5, 0.6) is 5.75 Å². The van der Waals surface area contributed by atoms with Crippen molar-refractivity contribution in [1.82, 2.24) is 4.98 Å². The van der Waals surface area contributed by atoms with Crippen LogP contribution in [-0.2, 0) is 0 Å². The molecule has 2 atom stereocenters. The lowest BCUT2D eigenvalue weighted by molar-refractivity contribution is 0.182. The third-order valence-corrected chi connectivity index (χ3v) is 5.73. The largest absolute Gasteiger partial charge is 0.493 e. The molecule has 0 aliphatic carbocycles. The van der Waals surface area contributed by atoms with E-state index in [1.54, 1.807) is 12.1 Å². The van der Waals surface area contributed by atoms with Gasteiger partial charge in [0.2, 0.25) is 0 Å². The topological polar surface area (TPSA) is 66.1 Å². The lowest BCUT2D eigenvalue weighted by Gasteiger charge is -2.18. The summed E-state index contributed by atoms with van der Waals surface area (Å²) in [6.45, 7) is 2.40. The van der Waals surface area contributed by atoms with Crippen molar-refractivity contribution in [3.05, 3.63) is 54.1 Å². The van der Waals surface area contributed by atoms with Crippen molar-refractivity contribution < 1.29 is 9.84 Å². The van der Waals surface area contributed by atoms with Crippen LogP contribution in [0.25, 0.3) is 10.2 Å². The van der Waals surface area contributed by atoms with Crippen molar-refractivity contribution in [1.29, 1.82) is 5.26 Å². The highest BCUT2D eigenvalue weighted by Crippen LogP contribution is 2.38. The van der Waals surface area contributed by atoms with Gasteiger partial charge in [-0.25, -0.2) is 4.98 Å². The third-order valence-electron chi connectivity index (χ3n) is 3.45. The summed E-state index contributed by atoms with van der Waals surface area (Å²) in [6, 6.07) is 17.3. The lowest BCUT2D eigenvalue weighted by atomic mass is 10.1. The minimum Gasteiger partial charge on any atom is -0.493 e. The number of fused-ring (bicyclic) bond motifs is 1. The van der Waals surface area contributed by atoms with E-state index < -0.39 is 11.4 Å². The van der Waals surface area contributed by atoms with E-state index in [1.165, 1.54) is 23.1 Å². The number of nitrogens with zero attached hydrogens (tertiary/aromatic N) is 2. The molecule has 0 unspecified atom stereocenters. The Balaban J connectivity index is 1.84. The number of aromatic nitrogens is 1. The van der Waals surface area contributed by atoms with Crippen LogP contribution in [0, 0.1) is 11.3 Å². The molecule has 6 heteroatoms. The van der Waals surface area contributed by atoms with Gasteiger partial charge in [-0.15, -0.1) is 11.3 Å². The Hall–Kier alpha value is -2.07. The Morgan fingerprint density at radius 2 is 2.00 bits per heavy atom. The molecule has 0 aliphatic rings. The van der Waals surface area contributed by atoms with Gasteiger partial charge in [-0.1, -0.05) is 42.1 Å². The number of hydrogen-bond donors (Lipinski definition) is 1. The molecule has 0 radical (unpaired) electrons. The molecule has 0 saturated carbocycles. The van der Waals surface area contributed by atoms with Crippen molar-refractivity contribution >= 4 is 33.3 Å². The monoisotopic (exact) mass is 356 g/mol. The maximum atomic E-state index is 10.7. The number of ether oxygens (including phenoxy) is 1. The zero-order valence-corrected chi connectivity index (χ0v) is 14.7. The maximum absolute atomic E-state index is 10.7. The quantitative estimate of drug-likeness (QED) is 0.663.